The van der Waals surface area contributed by atoms with Gasteiger partial charge in [-0.05, 0) is 26.0 Å². The number of thioether (sulfide) groups is 1. The minimum Gasteiger partial charge on any atom is -0.384 e. The number of hydrogen-bond donors (Lipinski definition) is 2. The van der Waals surface area contributed by atoms with E-state index in [2.05, 4.69) is 15.3 Å². The Labute approximate surface area is 130 Å². The van der Waals surface area contributed by atoms with Gasteiger partial charge in [-0.1, -0.05) is 11.8 Å². The van der Waals surface area contributed by atoms with E-state index in [1.165, 1.54) is 6.07 Å². The third-order valence-corrected chi connectivity index (χ3v) is 3.65. The summed E-state index contributed by atoms with van der Waals surface area (Å²) in [4.78, 5) is 20.2. The van der Waals surface area contributed by atoms with Gasteiger partial charge in [-0.15, -0.1) is 0 Å². The van der Waals surface area contributed by atoms with E-state index in [9.17, 15) is 13.6 Å². The van der Waals surface area contributed by atoms with Crippen molar-refractivity contribution in [2.75, 3.05) is 11.1 Å². The van der Waals surface area contributed by atoms with E-state index < -0.39 is 16.9 Å². The number of amides is 1. The second kappa shape index (κ2) is 6.69. The lowest BCUT2D eigenvalue weighted by Gasteiger charge is -2.11. The molecule has 0 saturated heterocycles. The number of nitrogen functional groups attached to an aromatic ring is 1. The van der Waals surface area contributed by atoms with Gasteiger partial charge in [0.25, 0.3) is 0 Å². The number of nitrogens with two attached hydrogens (primary N) is 1. The Morgan fingerprint density at radius 2 is 2.00 bits per heavy atom. The Morgan fingerprint density at radius 3 is 2.64 bits per heavy atom. The Kier molecular flexibility index (Phi) is 4.92. The van der Waals surface area contributed by atoms with E-state index in [1.54, 1.807) is 19.9 Å². The van der Waals surface area contributed by atoms with Crippen LogP contribution in [0, 0.1) is 18.6 Å². The topological polar surface area (TPSA) is 80.9 Å². The van der Waals surface area contributed by atoms with Crippen molar-refractivity contribution in [2.24, 2.45) is 0 Å². The van der Waals surface area contributed by atoms with Gasteiger partial charge >= 0.3 is 0 Å². The standard InChI is InChI=1S/C14H14F2N4OS/c1-7-5-12(17)20-14(18-7)22-8(2)13(21)19-9-3-4-10(15)11(16)6-9/h3-6,8H,1-2H3,(H,19,21)(H2,17,18,20)/t8-/m0/s1. The highest BCUT2D eigenvalue weighted by molar-refractivity contribution is 8.00. The van der Waals surface area contributed by atoms with Crippen LogP contribution in [0.5, 0.6) is 0 Å². The first kappa shape index (κ1) is 16.2. The minimum absolute atomic E-state index is 0.182. The number of anilines is 2. The van der Waals surface area contributed by atoms with E-state index in [1.807, 2.05) is 0 Å². The zero-order valence-corrected chi connectivity index (χ0v) is 12.7. The molecule has 0 bridgehead atoms. The minimum atomic E-state index is -1.02. The van der Waals surface area contributed by atoms with Crippen LogP contribution in [0.25, 0.3) is 0 Å². The summed E-state index contributed by atoms with van der Waals surface area (Å²) in [5.74, 6) is -2.04. The maximum atomic E-state index is 13.1. The second-order valence-electron chi connectivity index (χ2n) is 4.59. The molecular weight excluding hydrogens is 310 g/mol. The van der Waals surface area contributed by atoms with Crippen LogP contribution in [0.15, 0.2) is 29.4 Å². The molecule has 1 heterocycles. The summed E-state index contributed by atoms with van der Waals surface area (Å²) in [5, 5.41) is 2.35. The normalized spacial score (nSPS) is 12.0. The predicted octanol–water partition coefficient (Wildman–Crippen LogP) is 2.76. The molecule has 2 rings (SSSR count). The van der Waals surface area contributed by atoms with Crippen molar-refractivity contribution in [3.63, 3.8) is 0 Å². The number of benzene rings is 1. The molecule has 5 nitrogen and oxygen atoms in total. The Balaban J connectivity index is 2.04. The summed E-state index contributed by atoms with van der Waals surface area (Å²) >= 11 is 1.12. The third kappa shape index (κ3) is 4.14. The number of nitrogens with one attached hydrogen (secondary N) is 1. The smallest absolute Gasteiger partial charge is 0.237 e. The third-order valence-electron chi connectivity index (χ3n) is 2.69. The molecule has 1 aromatic carbocycles. The van der Waals surface area contributed by atoms with E-state index in [-0.39, 0.29) is 11.6 Å². The van der Waals surface area contributed by atoms with E-state index in [4.69, 9.17) is 5.73 Å². The zero-order valence-electron chi connectivity index (χ0n) is 11.9. The van der Waals surface area contributed by atoms with Crippen LogP contribution in [-0.2, 0) is 4.79 Å². The van der Waals surface area contributed by atoms with Crippen LogP contribution < -0.4 is 11.1 Å². The SMILES string of the molecule is Cc1cc(N)nc(S[C@@H](C)C(=O)Nc2ccc(F)c(F)c2)n1. The lowest BCUT2D eigenvalue weighted by Crippen LogP contribution is -2.22. The first-order chi connectivity index (χ1) is 10.3. The van der Waals surface area contributed by atoms with Crippen molar-refractivity contribution in [1.29, 1.82) is 0 Å². The van der Waals surface area contributed by atoms with Crippen LogP contribution in [-0.4, -0.2) is 21.1 Å². The summed E-state index contributed by atoms with van der Waals surface area (Å²) in [6.07, 6.45) is 0. The summed E-state index contributed by atoms with van der Waals surface area (Å²) in [5.41, 5.74) is 6.50. The first-order valence-corrected chi connectivity index (χ1v) is 7.27. The molecule has 3 N–H and O–H groups in total. The molecule has 0 radical (unpaired) electrons. The average Bonchev–Trinajstić information content (AvgIpc) is 2.41. The number of rotatable bonds is 4. The molecule has 116 valence electrons. The Bertz CT molecular complexity index is 691. The van der Waals surface area contributed by atoms with Crippen molar-refractivity contribution < 1.29 is 13.6 Å². The van der Waals surface area contributed by atoms with Crippen LogP contribution in [0.2, 0.25) is 0 Å². The fraction of sp³-hybridized carbons (Fsp3) is 0.214. The summed E-state index contributed by atoms with van der Waals surface area (Å²) in [6, 6.07) is 4.78. The van der Waals surface area contributed by atoms with Gasteiger partial charge < -0.3 is 11.1 Å². The van der Waals surface area contributed by atoms with E-state index in [0.717, 1.165) is 23.9 Å². The molecule has 0 saturated carbocycles. The quantitative estimate of drug-likeness (QED) is 0.668. The molecule has 1 aromatic heterocycles. The Morgan fingerprint density at radius 1 is 1.27 bits per heavy atom. The van der Waals surface area contributed by atoms with E-state index in [0.29, 0.717) is 16.7 Å². The van der Waals surface area contributed by atoms with Crippen molar-refractivity contribution in [2.45, 2.75) is 24.3 Å². The molecule has 0 spiro atoms. The van der Waals surface area contributed by atoms with Gasteiger partial charge in [0, 0.05) is 23.5 Å². The van der Waals surface area contributed by atoms with Gasteiger partial charge in [0.2, 0.25) is 5.91 Å². The largest absolute Gasteiger partial charge is 0.384 e. The predicted molar refractivity (Wildman–Crippen MR) is 81.5 cm³/mol. The van der Waals surface area contributed by atoms with Gasteiger partial charge in [-0.25, -0.2) is 18.7 Å². The second-order valence-corrected chi connectivity index (χ2v) is 5.90. The molecule has 1 amide bonds. The lowest BCUT2D eigenvalue weighted by atomic mass is 10.3. The summed E-state index contributed by atoms with van der Waals surface area (Å²) in [6.45, 7) is 3.43. The maximum Gasteiger partial charge on any atom is 0.237 e. The molecule has 22 heavy (non-hydrogen) atoms. The monoisotopic (exact) mass is 324 g/mol. The van der Waals surface area contributed by atoms with Crippen LogP contribution >= 0.6 is 11.8 Å². The zero-order chi connectivity index (χ0) is 16.3. The van der Waals surface area contributed by atoms with Crippen LogP contribution in [0.3, 0.4) is 0 Å². The molecule has 0 aliphatic carbocycles. The molecular formula is C14H14F2N4OS. The highest BCUT2D eigenvalue weighted by atomic mass is 32.2. The van der Waals surface area contributed by atoms with Crippen LogP contribution in [0.1, 0.15) is 12.6 Å². The van der Waals surface area contributed by atoms with Gasteiger partial charge in [-0.2, -0.15) is 0 Å². The number of hydrogen-bond acceptors (Lipinski definition) is 5. The maximum absolute atomic E-state index is 13.1. The number of aryl methyl sites for hydroxylation is 1. The average molecular weight is 324 g/mol. The van der Waals surface area contributed by atoms with Crippen molar-refractivity contribution in [1.82, 2.24) is 9.97 Å². The fourth-order valence-electron chi connectivity index (χ4n) is 1.65. The fourth-order valence-corrected chi connectivity index (χ4v) is 2.48. The number of halogens is 2. The molecule has 2 aromatic rings. The highest BCUT2D eigenvalue weighted by Crippen LogP contribution is 2.22. The van der Waals surface area contributed by atoms with E-state index >= 15 is 0 Å². The molecule has 0 aliphatic rings. The first-order valence-electron chi connectivity index (χ1n) is 6.39. The summed E-state index contributed by atoms with van der Waals surface area (Å²) in [7, 11) is 0. The van der Waals surface area contributed by atoms with Gasteiger partial charge in [0.1, 0.15) is 5.82 Å². The number of carbonyl (C=O) groups is 1. The molecule has 1 atom stereocenters. The highest BCUT2D eigenvalue weighted by Gasteiger charge is 2.17. The number of aromatic nitrogens is 2. The lowest BCUT2D eigenvalue weighted by molar-refractivity contribution is -0.115. The molecule has 0 fully saturated rings. The van der Waals surface area contributed by atoms with Crippen molar-refractivity contribution >= 4 is 29.2 Å². The number of carbonyl (C=O) groups excluding carboxylic acids is 1. The van der Waals surface area contributed by atoms with Crippen LogP contribution in [0.4, 0.5) is 20.3 Å². The molecule has 8 heteroatoms. The van der Waals surface area contributed by atoms with Gasteiger partial charge in [0.05, 0.1) is 5.25 Å². The van der Waals surface area contributed by atoms with Gasteiger partial charge in [-0.3, -0.25) is 4.79 Å². The molecule has 0 aliphatic heterocycles. The van der Waals surface area contributed by atoms with Gasteiger partial charge in [0.15, 0.2) is 16.8 Å². The number of nitrogens with zero attached hydrogens (tertiary/aromatic N) is 2. The summed E-state index contributed by atoms with van der Waals surface area (Å²) < 4.78 is 25.9. The van der Waals surface area contributed by atoms with Crippen molar-refractivity contribution in [3.05, 3.63) is 41.6 Å². The van der Waals surface area contributed by atoms with Crippen molar-refractivity contribution in [3.8, 4) is 0 Å². The molecule has 0 unspecified atom stereocenters. The Hall–Kier alpha value is -2.22.